The van der Waals surface area contributed by atoms with Crippen LogP contribution >= 0.6 is 11.6 Å². The third kappa shape index (κ3) is 3.49. The minimum absolute atomic E-state index is 0.386. The molecule has 0 aromatic carbocycles. The number of anilines is 1. The summed E-state index contributed by atoms with van der Waals surface area (Å²) in [6.07, 6.45) is 5.07. The molecule has 0 fully saturated rings. The van der Waals surface area contributed by atoms with E-state index in [-0.39, 0.29) is 0 Å². The molecule has 2 aromatic heterocycles. The minimum atomic E-state index is 0.386. The Morgan fingerprint density at radius 2 is 2.29 bits per heavy atom. The van der Waals surface area contributed by atoms with Crippen molar-refractivity contribution in [2.75, 3.05) is 5.43 Å². The van der Waals surface area contributed by atoms with Crippen LogP contribution in [0.15, 0.2) is 35.7 Å². The summed E-state index contributed by atoms with van der Waals surface area (Å²) in [5, 5.41) is 4.42. The molecule has 0 aliphatic rings. The number of aromatic nitrogens is 3. The summed E-state index contributed by atoms with van der Waals surface area (Å²) in [7, 11) is 0. The fraction of sp³-hybridized carbons (Fsp3) is 0.0909. The lowest BCUT2D eigenvalue weighted by Crippen LogP contribution is -1.97. The van der Waals surface area contributed by atoms with Crippen LogP contribution in [0, 0.1) is 6.92 Å². The Morgan fingerprint density at radius 1 is 1.41 bits per heavy atom. The van der Waals surface area contributed by atoms with Gasteiger partial charge in [-0.2, -0.15) is 5.10 Å². The Hall–Kier alpha value is -2.01. The summed E-state index contributed by atoms with van der Waals surface area (Å²) in [6.45, 7) is 1.77. The molecule has 0 amide bonds. The highest BCUT2D eigenvalue weighted by Gasteiger charge is 1.97. The van der Waals surface area contributed by atoms with E-state index in [4.69, 9.17) is 11.6 Å². The van der Waals surface area contributed by atoms with Crippen molar-refractivity contribution < 1.29 is 0 Å². The van der Waals surface area contributed by atoms with Crippen molar-refractivity contribution in [1.82, 2.24) is 15.0 Å². The molecule has 0 saturated heterocycles. The zero-order chi connectivity index (χ0) is 12.1. The van der Waals surface area contributed by atoms with Gasteiger partial charge in [0.15, 0.2) is 5.82 Å². The molecular formula is C11H10ClN5. The Balaban J connectivity index is 2.05. The first-order chi connectivity index (χ1) is 8.24. The lowest BCUT2D eigenvalue weighted by Gasteiger charge is -2.00. The van der Waals surface area contributed by atoms with Crippen molar-refractivity contribution in [3.8, 4) is 0 Å². The van der Waals surface area contributed by atoms with Crippen LogP contribution in [0.25, 0.3) is 0 Å². The van der Waals surface area contributed by atoms with Gasteiger partial charge in [-0.25, -0.2) is 9.97 Å². The van der Waals surface area contributed by atoms with Crippen LogP contribution in [0.4, 0.5) is 5.82 Å². The number of hydrogen-bond acceptors (Lipinski definition) is 5. The molecule has 2 rings (SSSR count). The second-order valence-corrected chi connectivity index (χ2v) is 3.67. The first kappa shape index (κ1) is 11.5. The van der Waals surface area contributed by atoms with Crippen molar-refractivity contribution >= 4 is 23.6 Å². The van der Waals surface area contributed by atoms with E-state index in [0.717, 1.165) is 5.56 Å². The molecule has 0 aliphatic carbocycles. The Morgan fingerprint density at radius 3 is 3.00 bits per heavy atom. The molecule has 0 spiro atoms. The third-order valence-corrected chi connectivity index (χ3v) is 2.08. The predicted octanol–water partition coefficient (Wildman–Crippen LogP) is 2.28. The summed E-state index contributed by atoms with van der Waals surface area (Å²) in [5.74, 6) is 1.15. The van der Waals surface area contributed by atoms with E-state index in [1.165, 1.54) is 0 Å². The van der Waals surface area contributed by atoms with Crippen molar-refractivity contribution in [1.29, 1.82) is 0 Å². The van der Waals surface area contributed by atoms with Crippen LogP contribution in [0.5, 0.6) is 0 Å². The molecule has 0 unspecified atom stereocenters. The number of hydrogen-bond donors (Lipinski definition) is 1. The fourth-order valence-electron chi connectivity index (χ4n) is 1.21. The predicted molar refractivity (Wildman–Crippen MR) is 67.2 cm³/mol. The van der Waals surface area contributed by atoms with Gasteiger partial charge in [-0.05, 0) is 13.0 Å². The first-order valence-electron chi connectivity index (χ1n) is 4.94. The second kappa shape index (κ2) is 5.36. The molecule has 17 heavy (non-hydrogen) atoms. The van der Waals surface area contributed by atoms with Gasteiger partial charge in [-0.3, -0.25) is 10.4 Å². The highest BCUT2D eigenvalue weighted by molar-refractivity contribution is 6.29. The van der Waals surface area contributed by atoms with Crippen molar-refractivity contribution in [2.24, 2.45) is 5.10 Å². The Bertz CT molecular complexity index is 506. The number of nitrogens with one attached hydrogen (secondary N) is 1. The summed E-state index contributed by atoms with van der Waals surface area (Å²) < 4.78 is 0. The zero-order valence-electron chi connectivity index (χ0n) is 9.13. The maximum Gasteiger partial charge on any atom is 0.151 e. The average molecular weight is 248 g/mol. The van der Waals surface area contributed by atoms with E-state index in [2.05, 4.69) is 25.5 Å². The summed E-state index contributed by atoms with van der Waals surface area (Å²) in [4.78, 5) is 12.1. The number of aryl methyl sites for hydroxylation is 1. The quantitative estimate of drug-likeness (QED) is 0.513. The molecule has 5 nitrogen and oxygen atoms in total. The summed E-state index contributed by atoms with van der Waals surface area (Å²) >= 11 is 5.79. The monoisotopic (exact) mass is 247 g/mol. The van der Waals surface area contributed by atoms with Gasteiger partial charge in [0.1, 0.15) is 11.0 Å². The van der Waals surface area contributed by atoms with Crippen LogP contribution in [0.1, 0.15) is 11.4 Å². The highest BCUT2D eigenvalue weighted by atomic mass is 35.5. The van der Waals surface area contributed by atoms with Crippen molar-refractivity contribution in [2.45, 2.75) is 6.92 Å². The third-order valence-electron chi connectivity index (χ3n) is 1.88. The Kier molecular flexibility index (Phi) is 3.62. The van der Waals surface area contributed by atoms with E-state index < -0.39 is 0 Å². The standard InChI is InChI=1S/C11H10ClN5/c1-8-15-10(12)5-11(16-8)17-14-7-9-3-2-4-13-6-9/h2-7H,1H3,(H,15,16,17)/b14-7-. The Labute approximate surface area is 104 Å². The number of rotatable bonds is 3. The van der Waals surface area contributed by atoms with E-state index in [0.29, 0.717) is 16.8 Å². The average Bonchev–Trinajstić information content (AvgIpc) is 2.29. The van der Waals surface area contributed by atoms with Gasteiger partial charge in [-0.15, -0.1) is 0 Å². The minimum Gasteiger partial charge on any atom is -0.264 e. The lowest BCUT2D eigenvalue weighted by molar-refractivity contribution is 1.04. The molecular weight excluding hydrogens is 238 g/mol. The molecule has 0 atom stereocenters. The fourth-order valence-corrected chi connectivity index (χ4v) is 1.44. The summed E-state index contributed by atoms with van der Waals surface area (Å²) in [5.41, 5.74) is 3.68. The van der Waals surface area contributed by atoms with E-state index in [1.807, 2.05) is 12.1 Å². The van der Waals surface area contributed by atoms with Crippen LogP contribution in [-0.4, -0.2) is 21.2 Å². The normalized spacial score (nSPS) is 10.7. The molecule has 0 radical (unpaired) electrons. The topological polar surface area (TPSA) is 63.1 Å². The summed E-state index contributed by atoms with van der Waals surface area (Å²) in [6, 6.07) is 5.35. The van der Waals surface area contributed by atoms with Crippen LogP contribution in [0.3, 0.4) is 0 Å². The largest absolute Gasteiger partial charge is 0.264 e. The van der Waals surface area contributed by atoms with E-state index >= 15 is 0 Å². The van der Waals surface area contributed by atoms with Gasteiger partial charge in [0, 0.05) is 24.0 Å². The van der Waals surface area contributed by atoms with Crippen LogP contribution < -0.4 is 5.43 Å². The van der Waals surface area contributed by atoms with Gasteiger partial charge < -0.3 is 0 Å². The lowest BCUT2D eigenvalue weighted by atomic mass is 10.3. The number of halogens is 1. The van der Waals surface area contributed by atoms with E-state index in [9.17, 15) is 0 Å². The van der Waals surface area contributed by atoms with Crippen LogP contribution in [-0.2, 0) is 0 Å². The molecule has 2 heterocycles. The van der Waals surface area contributed by atoms with Crippen molar-refractivity contribution in [3.63, 3.8) is 0 Å². The molecule has 0 aliphatic heterocycles. The SMILES string of the molecule is Cc1nc(Cl)cc(N/N=C\c2cccnc2)n1. The maximum atomic E-state index is 5.79. The molecule has 6 heteroatoms. The molecule has 0 saturated carbocycles. The van der Waals surface area contributed by atoms with Gasteiger partial charge in [0.05, 0.1) is 6.21 Å². The van der Waals surface area contributed by atoms with Gasteiger partial charge in [0.2, 0.25) is 0 Å². The molecule has 0 bridgehead atoms. The number of pyridine rings is 1. The maximum absolute atomic E-state index is 5.79. The number of nitrogens with zero attached hydrogens (tertiary/aromatic N) is 4. The molecule has 86 valence electrons. The van der Waals surface area contributed by atoms with Crippen molar-refractivity contribution in [3.05, 3.63) is 47.1 Å². The van der Waals surface area contributed by atoms with E-state index in [1.54, 1.807) is 31.6 Å². The number of hydrazone groups is 1. The van der Waals surface area contributed by atoms with Gasteiger partial charge >= 0.3 is 0 Å². The zero-order valence-corrected chi connectivity index (χ0v) is 9.89. The first-order valence-corrected chi connectivity index (χ1v) is 5.32. The molecule has 1 N–H and O–H groups in total. The van der Waals surface area contributed by atoms with Crippen LogP contribution in [0.2, 0.25) is 5.15 Å². The smallest absolute Gasteiger partial charge is 0.151 e. The molecule has 2 aromatic rings. The van der Waals surface area contributed by atoms with Gasteiger partial charge in [0.25, 0.3) is 0 Å². The van der Waals surface area contributed by atoms with Gasteiger partial charge in [-0.1, -0.05) is 17.7 Å². The highest BCUT2D eigenvalue weighted by Crippen LogP contribution is 2.10. The second-order valence-electron chi connectivity index (χ2n) is 3.28.